The molecule has 0 unspecified atom stereocenters. The van der Waals surface area contributed by atoms with E-state index in [9.17, 15) is 102 Å². The number of hydrogen-bond acceptors (Lipinski definition) is 15. The van der Waals surface area contributed by atoms with E-state index in [2.05, 4.69) is 9.97 Å². The van der Waals surface area contributed by atoms with E-state index in [0.717, 1.165) is 0 Å². The standard InChI is InChI=1S/C28H35F5N2O5S.C24H27F5N2O5S.2C2HF3O2/c1-25(2,3)40-24(36)26(13-15-35(16-14-26)17-18-39-4)41(37,38)22-8-6-21(7-9-22)23-10-5-20(19-34-23)11-12-27(29,30)28(31,32)33;1-36-15-14-31-12-10-22(11-13-31,21(32)33)37(34,35)19-5-3-18(4-6-19)20-7-2-17(16-30-20)8-9-23(25,26)24(27,28)29;2*3-2(4,5)1(6)7/h5-10,19H,11-18H2,1-4H3;2-7,16H,8-15H2,1H3,(H,32,33);2*(H,6,7). The van der Waals surface area contributed by atoms with Crippen LogP contribution in [-0.2, 0) is 65.9 Å². The van der Waals surface area contributed by atoms with Crippen molar-refractivity contribution in [1.82, 2.24) is 19.8 Å². The minimum Gasteiger partial charge on any atom is -0.480 e. The number of likely N-dealkylation sites (tertiary alicyclic amines) is 2. The number of aryl methyl sites for hydroxylation is 2. The number of carbonyl (C=O) groups excluding carboxylic acids is 1. The second-order valence-electron chi connectivity index (χ2n) is 21.6. The number of benzene rings is 2. The predicted octanol–water partition coefficient (Wildman–Crippen LogP) is 11.0. The van der Waals surface area contributed by atoms with Crippen molar-refractivity contribution in [2.75, 3.05) is 66.7 Å². The molecule has 0 atom stereocenters. The third kappa shape index (κ3) is 21.4. The highest BCUT2D eigenvalue weighted by Gasteiger charge is 2.59. The van der Waals surface area contributed by atoms with Crippen LogP contribution in [0.1, 0.15) is 70.4 Å². The summed E-state index contributed by atoms with van der Waals surface area (Å²) in [6.07, 6.45) is -22.9. The number of ether oxygens (including phenoxy) is 3. The number of piperidine rings is 2. The zero-order valence-corrected chi connectivity index (χ0v) is 51.0. The molecule has 0 bridgehead atoms. The summed E-state index contributed by atoms with van der Waals surface area (Å²) in [4.78, 5) is 55.3. The molecule has 2 aliphatic rings. The predicted molar refractivity (Wildman–Crippen MR) is 294 cm³/mol. The third-order valence-electron chi connectivity index (χ3n) is 14.1. The van der Waals surface area contributed by atoms with Crippen molar-refractivity contribution in [2.24, 2.45) is 0 Å². The molecule has 0 spiro atoms. The number of alkyl halides is 16. The number of rotatable bonds is 20. The van der Waals surface area contributed by atoms with Gasteiger partial charge < -0.3 is 39.3 Å². The number of hydrogen-bond donors (Lipinski definition) is 3. The molecule has 92 heavy (non-hydrogen) atoms. The van der Waals surface area contributed by atoms with E-state index in [1.165, 1.54) is 85.2 Å². The minimum absolute atomic E-state index is 0.0477. The maximum Gasteiger partial charge on any atom is 0.490 e. The fraction of sp³-hybridized carbons (Fsp3) is 0.536. The van der Waals surface area contributed by atoms with E-state index >= 15 is 0 Å². The average molecular weight is 1390 g/mol. The third-order valence-corrected chi connectivity index (χ3v) is 19.1. The summed E-state index contributed by atoms with van der Waals surface area (Å²) in [6.45, 7) is 8.43. The molecule has 2 aliphatic heterocycles. The van der Waals surface area contributed by atoms with Gasteiger partial charge in [0.2, 0.25) is 0 Å². The molecule has 6 rings (SSSR count). The summed E-state index contributed by atoms with van der Waals surface area (Å²) >= 11 is 0. The number of nitrogens with zero attached hydrogens (tertiary/aromatic N) is 4. The molecule has 3 N–H and O–H groups in total. The summed E-state index contributed by atoms with van der Waals surface area (Å²) in [6, 6.07) is 16.9. The van der Waals surface area contributed by atoms with Gasteiger partial charge in [-0.15, -0.1) is 0 Å². The largest absolute Gasteiger partial charge is 0.490 e. The molecule has 2 saturated heterocycles. The SMILES string of the molecule is COCCN1CCC(C(=O)O)(S(=O)(=O)c2ccc(-c3ccc(CCC(F)(F)C(F)(F)F)cn3)cc2)CC1.COCCN1CCC(C(=O)OC(C)(C)C)(S(=O)(=O)c2ccc(-c3ccc(CCC(F)(F)C(F)(F)F)cn3)cc2)CC1.O=C(O)C(F)(F)F.O=C(O)C(F)(F)F. The second kappa shape index (κ2) is 31.4. The van der Waals surface area contributed by atoms with Gasteiger partial charge in [-0.2, -0.15) is 70.2 Å². The lowest BCUT2D eigenvalue weighted by molar-refractivity contribution is -0.284. The molecule has 0 amide bonds. The lowest BCUT2D eigenvalue weighted by atomic mass is 9.95. The number of carboxylic acids is 3. The van der Waals surface area contributed by atoms with Crippen LogP contribution < -0.4 is 0 Å². The number of esters is 1. The maximum atomic E-state index is 14.0. The van der Waals surface area contributed by atoms with E-state index in [-0.39, 0.29) is 59.7 Å². The summed E-state index contributed by atoms with van der Waals surface area (Å²) in [5.41, 5.74) is 1.17. The first kappa shape index (κ1) is 79.5. The highest BCUT2D eigenvalue weighted by Crippen LogP contribution is 2.42. The Bertz CT molecular complexity index is 3270. The Morgan fingerprint density at radius 2 is 0.804 bits per heavy atom. The molecule has 516 valence electrons. The Labute approximate surface area is 516 Å². The smallest absolute Gasteiger partial charge is 0.480 e. The van der Waals surface area contributed by atoms with Gasteiger partial charge in [-0.05, 0) is 107 Å². The van der Waals surface area contributed by atoms with Gasteiger partial charge in [0, 0.05) is 89.9 Å². The van der Waals surface area contributed by atoms with Crippen molar-refractivity contribution in [3.63, 3.8) is 0 Å². The van der Waals surface area contributed by atoms with Crippen LogP contribution in [0.15, 0.2) is 95.0 Å². The summed E-state index contributed by atoms with van der Waals surface area (Å²) < 4.78 is 257. The highest BCUT2D eigenvalue weighted by molar-refractivity contribution is 7.94. The number of aliphatic carboxylic acids is 3. The van der Waals surface area contributed by atoms with Crippen molar-refractivity contribution in [1.29, 1.82) is 0 Å². The van der Waals surface area contributed by atoms with Crippen LogP contribution in [0.4, 0.5) is 70.2 Å². The highest BCUT2D eigenvalue weighted by atomic mass is 32.2. The Morgan fingerprint density at radius 3 is 1.05 bits per heavy atom. The van der Waals surface area contributed by atoms with Gasteiger partial charge in [-0.3, -0.25) is 19.6 Å². The van der Waals surface area contributed by atoms with Gasteiger partial charge in [-0.25, -0.2) is 26.4 Å². The molecule has 0 saturated carbocycles. The molecule has 2 aromatic carbocycles. The monoisotopic (exact) mass is 1380 g/mol. The van der Waals surface area contributed by atoms with Gasteiger partial charge in [0.1, 0.15) is 5.60 Å². The van der Waals surface area contributed by atoms with Crippen molar-refractivity contribution >= 4 is 43.6 Å². The molecule has 2 fully saturated rings. The summed E-state index contributed by atoms with van der Waals surface area (Å²) in [5.74, 6) is -17.3. The Hall–Kier alpha value is -6.76. The first-order valence-electron chi connectivity index (χ1n) is 27.0. The zero-order chi connectivity index (χ0) is 70.3. The number of methoxy groups -OCH3 is 2. The molecule has 18 nitrogen and oxygen atoms in total. The molecular weight excluding hydrogens is 1320 g/mol. The molecule has 0 aliphatic carbocycles. The van der Waals surface area contributed by atoms with Crippen LogP contribution in [0.3, 0.4) is 0 Å². The van der Waals surface area contributed by atoms with Gasteiger partial charge in [0.05, 0.1) is 34.4 Å². The number of carboxylic acid groups (broad SMARTS) is 3. The topological polar surface area (TPSA) is 257 Å². The number of halogens is 16. The molecule has 4 aromatic rings. The van der Waals surface area contributed by atoms with Crippen LogP contribution in [0.5, 0.6) is 0 Å². The van der Waals surface area contributed by atoms with E-state index in [0.29, 0.717) is 61.9 Å². The Kier molecular flexibility index (Phi) is 27.2. The number of aromatic nitrogens is 2. The number of carbonyl (C=O) groups is 4. The number of pyridine rings is 2. The fourth-order valence-electron chi connectivity index (χ4n) is 8.70. The van der Waals surface area contributed by atoms with Gasteiger partial charge in [0.25, 0.3) is 0 Å². The van der Waals surface area contributed by atoms with Crippen LogP contribution in [0.2, 0.25) is 0 Å². The van der Waals surface area contributed by atoms with Crippen LogP contribution in [0.25, 0.3) is 22.5 Å². The van der Waals surface area contributed by atoms with Crippen molar-refractivity contribution in [3.05, 3.63) is 96.3 Å². The van der Waals surface area contributed by atoms with E-state index in [4.69, 9.17) is 34.0 Å². The lowest BCUT2D eigenvalue weighted by Gasteiger charge is -2.40. The van der Waals surface area contributed by atoms with Crippen LogP contribution >= 0.6 is 0 Å². The minimum atomic E-state index is -5.62. The summed E-state index contributed by atoms with van der Waals surface area (Å²) in [7, 11) is -5.32. The van der Waals surface area contributed by atoms with Gasteiger partial charge >= 0.3 is 60.4 Å². The van der Waals surface area contributed by atoms with Gasteiger partial charge in [-0.1, -0.05) is 36.4 Å². The molecule has 36 heteroatoms. The Balaban J connectivity index is 0.000000398. The quantitative estimate of drug-likeness (QED) is 0.0549. The van der Waals surface area contributed by atoms with E-state index < -0.39 is 121 Å². The first-order valence-corrected chi connectivity index (χ1v) is 30.0. The van der Waals surface area contributed by atoms with Crippen molar-refractivity contribution < 1.29 is 136 Å². The molecular formula is C56H64F16N4O14S2. The summed E-state index contributed by atoms with van der Waals surface area (Å²) in [5, 5.41) is 24.2. The Morgan fingerprint density at radius 1 is 0.500 bits per heavy atom. The normalized spacial score (nSPS) is 16.1. The second-order valence-corrected chi connectivity index (χ2v) is 26.2. The van der Waals surface area contributed by atoms with E-state index in [1.54, 1.807) is 35.0 Å². The van der Waals surface area contributed by atoms with Crippen molar-refractivity contribution in [2.45, 2.75) is 134 Å². The van der Waals surface area contributed by atoms with Crippen LogP contribution in [0, 0.1) is 0 Å². The molecule has 2 aromatic heterocycles. The first-order chi connectivity index (χ1) is 42.0. The fourth-order valence-corrected chi connectivity index (χ4v) is 12.5. The van der Waals surface area contributed by atoms with E-state index in [1.807, 2.05) is 9.80 Å². The zero-order valence-electron chi connectivity index (χ0n) is 49.4. The lowest BCUT2D eigenvalue weighted by Crippen LogP contribution is -2.56. The number of sulfone groups is 2. The van der Waals surface area contributed by atoms with Gasteiger partial charge in [0.15, 0.2) is 29.2 Å². The molecule has 4 heterocycles. The van der Waals surface area contributed by atoms with Crippen LogP contribution in [-0.4, -0.2) is 194 Å². The average Bonchev–Trinajstić information content (AvgIpc) is 0.752. The van der Waals surface area contributed by atoms with Crippen molar-refractivity contribution in [3.8, 4) is 22.5 Å². The maximum absolute atomic E-state index is 14.0. The molecule has 0 radical (unpaired) electrons.